The van der Waals surface area contributed by atoms with Gasteiger partial charge in [-0.15, -0.1) is 0 Å². The van der Waals surface area contributed by atoms with Crippen molar-refractivity contribution < 1.29 is 18.4 Å². The third kappa shape index (κ3) is 2.78. The standard InChI is InChI=1S/C13H20F2N2O2/c14-13(15,8-16)9-17-10(18)7-12(11(17)19)5-3-1-2-4-6-12/h1-9,16H2. The quantitative estimate of drug-likeness (QED) is 0.796. The van der Waals surface area contributed by atoms with Crippen LogP contribution in [-0.4, -0.2) is 35.7 Å². The largest absolute Gasteiger partial charge is 0.325 e. The number of halogens is 2. The fraction of sp³-hybridized carbons (Fsp3) is 0.846. The minimum Gasteiger partial charge on any atom is -0.325 e. The fourth-order valence-electron chi connectivity index (χ4n) is 3.11. The molecule has 108 valence electrons. The molecule has 1 saturated heterocycles. The Bertz CT molecular complexity index is 377. The second-order valence-electron chi connectivity index (χ2n) is 5.72. The molecule has 2 fully saturated rings. The Labute approximate surface area is 111 Å². The number of amides is 2. The van der Waals surface area contributed by atoms with Crippen molar-refractivity contribution in [2.24, 2.45) is 11.1 Å². The topological polar surface area (TPSA) is 63.4 Å². The van der Waals surface area contributed by atoms with Crippen molar-refractivity contribution in [3.05, 3.63) is 0 Å². The number of hydrogen-bond donors (Lipinski definition) is 1. The molecule has 0 aromatic carbocycles. The Morgan fingerprint density at radius 3 is 2.26 bits per heavy atom. The van der Waals surface area contributed by atoms with Gasteiger partial charge in [0.2, 0.25) is 11.8 Å². The van der Waals surface area contributed by atoms with Crippen LogP contribution in [0.1, 0.15) is 44.9 Å². The van der Waals surface area contributed by atoms with Crippen LogP contribution in [0, 0.1) is 5.41 Å². The minimum atomic E-state index is -3.19. The van der Waals surface area contributed by atoms with Crippen molar-refractivity contribution in [2.75, 3.05) is 13.1 Å². The first kappa shape index (κ1) is 14.4. The summed E-state index contributed by atoms with van der Waals surface area (Å²) < 4.78 is 26.6. The summed E-state index contributed by atoms with van der Waals surface area (Å²) in [6, 6.07) is 0. The van der Waals surface area contributed by atoms with Gasteiger partial charge in [0, 0.05) is 6.42 Å². The van der Waals surface area contributed by atoms with E-state index >= 15 is 0 Å². The lowest BCUT2D eigenvalue weighted by atomic mass is 9.79. The number of likely N-dealkylation sites (tertiary alicyclic amines) is 1. The molecule has 1 aliphatic heterocycles. The highest BCUT2D eigenvalue weighted by molar-refractivity contribution is 6.06. The predicted octanol–water partition coefficient (Wildman–Crippen LogP) is 1.68. The lowest BCUT2D eigenvalue weighted by Gasteiger charge is -2.26. The van der Waals surface area contributed by atoms with Gasteiger partial charge in [0.05, 0.1) is 18.5 Å². The number of carbonyl (C=O) groups excluding carboxylic acids is 2. The number of nitrogens with two attached hydrogens (primary N) is 1. The molecular weight excluding hydrogens is 254 g/mol. The van der Waals surface area contributed by atoms with Crippen molar-refractivity contribution in [3.8, 4) is 0 Å². The maximum absolute atomic E-state index is 13.3. The molecule has 2 aliphatic rings. The first-order valence-corrected chi connectivity index (χ1v) is 6.83. The number of alkyl halides is 2. The first-order chi connectivity index (χ1) is 8.90. The second kappa shape index (κ2) is 5.15. The summed E-state index contributed by atoms with van der Waals surface area (Å²) in [6.07, 6.45) is 5.24. The van der Waals surface area contributed by atoms with E-state index in [-0.39, 0.29) is 6.42 Å². The Morgan fingerprint density at radius 2 is 1.74 bits per heavy atom. The smallest absolute Gasteiger partial charge is 0.277 e. The number of carbonyl (C=O) groups is 2. The van der Waals surface area contributed by atoms with E-state index in [9.17, 15) is 18.4 Å². The molecule has 6 heteroatoms. The zero-order valence-electron chi connectivity index (χ0n) is 11.0. The zero-order valence-corrected chi connectivity index (χ0v) is 11.0. The van der Waals surface area contributed by atoms with Crippen LogP contribution in [0.15, 0.2) is 0 Å². The summed E-state index contributed by atoms with van der Waals surface area (Å²) in [7, 11) is 0. The number of nitrogens with zero attached hydrogens (tertiary/aromatic N) is 1. The van der Waals surface area contributed by atoms with Crippen LogP contribution < -0.4 is 5.73 Å². The first-order valence-electron chi connectivity index (χ1n) is 6.83. The van der Waals surface area contributed by atoms with Gasteiger partial charge in [0.15, 0.2) is 0 Å². The van der Waals surface area contributed by atoms with E-state index < -0.39 is 36.2 Å². The van der Waals surface area contributed by atoms with E-state index in [4.69, 9.17) is 5.73 Å². The Hall–Kier alpha value is -1.04. The lowest BCUT2D eigenvalue weighted by molar-refractivity contribution is -0.147. The molecule has 4 nitrogen and oxygen atoms in total. The molecule has 0 atom stereocenters. The molecule has 0 radical (unpaired) electrons. The summed E-state index contributed by atoms with van der Waals surface area (Å²) in [6.45, 7) is -1.72. The second-order valence-corrected chi connectivity index (χ2v) is 5.72. The molecule has 0 bridgehead atoms. The van der Waals surface area contributed by atoms with Gasteiger partial charge in [0.25, 0.3) is 5.92 Å². The van der Waals surface area contributed by atoms with Gasteiger partial charge in [-0.2, -0.15) is 0 Å². The highest BCUT2D eigenvalue weighted by atomic mass is 19.3. The summed E-state index contributed by atoms with van der Waals surface area (Å²) in [5, 5.41) is 0. The summed E-state index contributed by atoms with van der Waals surface area (Å²) >= 11 is 0. The van der Waals surface area contributed by atoms with Gasteiger partial charge in [-0.3, -0.25) is 14.5 Å². The summed E-state index contributed by atoms with van der Waals surface area (Å²) in [5.41, 5.74) is 4.26. The van der Waals surface area contributed by atoms with Gasteiger partial charge in [-0.1, -0.05) is 25.7 Å². The number of hydrogen-bond acceptors (Lipinski definition) is 3. The summed E-state index contributed by atoms with van der Waals surface area (Å²) in [5.74, 6) is -4.07. The van der Waals surface area contributed by atoms with Crippen molar-refractivity contribution in [2.45, 2.75) is 50.9 Å². The number of rotatable bonds is 3. The van der Waals surface area contributed by atoms with Crippen molar-refractivity contribution in [3.63, 3.8) is 0 Å². The maximum Gasteiger partial charge on any atom is 0.277 e. The van der Waals surface area contributed by atoms with Crippen LogP contribution >= 0.6 is 0 Å². The molecule has 0 unspecified atom stereocenters. The summed E-state index contributed by atoms with van der Waals surface area (Å²) in [4.78, 5) is 25.0. The van der Waals surface area contributed by atoms with Crippen LogP contribution in [0.2, 0.25) is 0 Å². The predicted molar refractivity (Wildman–Crippen MR) is 65.5 cm³/mol. The highest BCUT2D eigenvalue weighted by Gasteiger charge is 2.52. The molecule has 0 aromatic rings. The molecule has 0 aromatic heterocycles. The van der Waals surface area contributed by atoms with Crippen LogP contribution in [0.3, 0.4) is 0 Å². The molecule has 2 N–H and O–H groups in total. The van der Waals surface area contributed by atoms with E-state index in [1.165, 1.54) is 0 Å². The third-order valence-electron chi connectivity index (χ3n) is 4.24. The van der Waals surface area contributed by atoms with Gasteiger partial charge in [-0.05, 0) is 12.8 Å². The normalized spacial score (nSPS) is 24.1. The average molecular weight is 274 g/mol. The fourth-order valence-corrected chi connectivity index (χ4v) is 3.11. The van der Waals surface area contributed by atoms with Crippen molar-refractivity contribution in [1.82, 2.24) is 4.90 Å². The number of imide groups is 1. The lowest BCUT2D eigenvalue weighted by Crippen LogP contribution is -2.45. The molecule has 2 rings (SSSR count). The van der Waals surface area contributed by atoms with Crippen LogP contribution in [0.25, 0.3) is 0 Å². The molecule has 2 amide bonds. The van der Waals surface area contributed by atoms with E-state index in [2.05, 4.69) is 0 Å². The van der Waals surface area contributed by atoms with Gasteiger partial charge < -0.3 is 5.73 Å². The molecule has 1 heterocycles. The Kier molecular flexibility index (Phi) is 3.90. The average Bonchev–Trinajstić information content (AvgIpc) is 2.56. The van der Waals surface area contributed by atoms with Crippen LogP contribution in [-0.2, 0) is 9.59 Å². The third-order valence-corrected chi connectivity index (χ3v) is 4.24. The highest BCUT2D eigenvalue weighted by Crippen LogP contribution is 2.44. The Morgan fingerprint density at radius 1 is 1.16 bits per heavy atom. The molecule has 1 aliphatic carbocycles. The van der Waals surface area contributed by atoms with E-state index in [0.717, 1.165) is 30.6 Å². The van der Waals surface area contributed by atoms with Crippen LogP contribution in [0.5, 0.6) is 0 Å². The molecule has 1 spiro atoms. The van der Waals surface area contributed by atoms with E-state index in [0.29, 0.717) is 12.8 Å². The Balaban J connectivity index is 2.15. The molecular formula is C13H20F2N2O2. The minimum absolute atomic E-state index is 0.0898. The van der Waals surface area contributed by atoms with Crippen molar-refractivity contribution >= 4 is 11.8 Å². The van der Waals surface area contributed by atoms with Crippen LogP contribution in [0.4, 0.5) is 8.78 Å². The maximum atomic E-state index is 13.3. The van der Waals surface area contributed by atoms with Gasteiger partial charge >= 0.3 is 0 Å². The van der Waals surface area contributed by atoms with Gasteiger partial charge in [-0.25, -0.2) is 8.78 Å². The van der Waals surface area contributed by atoms with E-state index in [1.807, 2.05) is 0 Å². The molecule has 1 saturated carbocycles. The SMILES string of the molecule is NCC(F)(F)CN1C(=O)CC2(CCCCCC2)C1=O. The van der Waals surface area contributed by atoms with Gasteiger partial charge in [0.1, 0.15) is 0 Å². The van der Waals surface area contributed by atoms with Crippen molar-refractivity contribution in [1.29, 1.82) is 0 Å². The zero-order chi connectivity index (χ0) is 14.1. The van der Waals surface area contributed by atoms with E-state index in [1.54, 1.807) is 0 Å². The monoisotopic (exact) mass is 274 g/mol. The molecule has 19 heavy (non-hydrogen) atoms.